The monoisotopic (exact) mass is 423 g/mol. The van der Waals surface area contributed by atoms with E-state index >= 15 is 0 Å². The average Bonchev–Trinajstić information content (AvgIpc) is 2.77. The van der Waals surface area contributed by atoms with Gasteiger partial charge in [-0.2, -0.15) is 0 Å². The largest absolute Gasteiger partial charge is 0.493 e. The number of likely N-dealkylation sites (tertiary alicyclic amines) is 1. The summed E-state index contributed by atoms with van der Waals surface area (Å²) in [6.07, 6.45) is 7.21. The molecule has 1 N–H and O–H groups in total. The molecule has 1 saturated carbocycles. The predicted octanol–water partition coefficient (Wildman–Crippen LogP) is 3.97. The molecule has 0 radical (unpaired) electrons. The molecule has 1 aliphatic heterocycles. The number of pyridine rings is 1. The summed E-state index contributed by atoms with van der Waals surface area (Å²) in [5.41, 5.74) is 2.17. The van der Waals surface area contributed by atoms with Crippen LogP contribution >= 0.6 is 0 Å². The van der Waals surface area contributed by atoms with Crippen LogP contribution in [0.25, 0.3) is 0 Å². The molecule has 166 valence electrons. The van der Waals surface area contributed by atoms with E-state index in [2.05, 4.69) is 27.3 Å². The smallest absolute Gasteiger partial charge is 0.223 e. The van der Waals surface area contributed by atoms with Crippen molar-refractivity contribution >= 4 is 5.91 Å². The third kappa shape index (κ3) is 5.18. The predicted molar refractivity (Wildman–Crippen MR) is 120 cm³/mol. The fraction of sp³-hybridized carbons (Fsp3) is 0.520. The van der Waals surface area contributed by atoms with Crippen LogP contribution in [0.3, 0.4) is 0 Å². The molecule has 2 aromatic rings. The van der Waals surface area contributed by atoms with Crippen LogP contribution in [0.15, 0.2) is 42.6 Å². The Morgan fingerprint density at radius 2 is 1.97 bits per heavy atom. The molecule has 1 aliphatic carbocycles. The first-order valence-corrected chi connectivity index (χ1v) is 11.3. The Morgan fingerprint density at radius 1 is 1.13 bits per heavy atom. The van der Waals surface area contributed by atoms with Gasteiger partial charge in [0.1, 0.15) is 0 Å². The average molecular weight is 424 g/mol. The third-order valence-electron chi connectivity index (χ3n) is 6.65. The van der Waals surface area contributed by atoms with Crippen molar-refractivity contribution in [2.75, 3.05) is 27.3 Å². The maximum atomic E-state index is 12.8. The van der Waals surface area contributed by atoms with E-state index in [0.717, 1.165) is 68.9 Å². The van der Waals surface area contributed by atoms with Crippen LogP contribution in [0.2, 0.25) is 0 Å². The molecule has 0 bridgehead atoms. The Morgan fingerprint density at radius 3 is 2.65 bits per heavy atom. The molecule has 1 aromatic carbocycles. The second-order valence-electron chi connectivity index (χ2n) is 8.70. The number of amides is 1. The number of rotatable bonds is 8. The lowest BCUT2D eigenvalue weighted by Crippen LogP contribution is -2.45. The second kappa shape index (κ2) is 10.1. The van der Waals surface area contributed by atoms with E-state index in [0.29, 0.717) is 5.92 Å². The van der Waals surface area contributed by atoms with Crippen molar-refractivity contribution in [3.05, 3.63) is 53.9 Å². The van der Waals surface area contributed by atoms with Crippen LogP contribution in [0.5, 0.6) is 11.5 Å². The summed E-state index contributed by atoms with van der Waals surface area (Å²) < 4.78 is 10.8. The van der Waals surface area contributed by atoms with Gasteiger partial charge >= 0.3 is 0 Å². The number of methoxy groups -OCH3 is 2. The van der Waals surface area contributed by atoms with E-state index in [-0.39, 0.29) is 17.9 Å². The zero-order valence-electron chi connectivity index (χ0n) is 18.5. The molecule has 2 heterocycles. The number of carbonyl (C=O) groups excluding carboxylic acids is 1. The van der Waals surface area contributed by atoms with Gasteiger partial charge in [-0.05, 0) is 68.0 Å². The van der Waals surface area contributed by atoms with Crippen molar-refractivity contribution in [3.8, 4) is 11.5 Å². The summed E-state index contributed by atoms with van der Waals surface area (Å²) in [7, 11) is 3.32. The normalized spacial score (nSPS) is 20.5. The minimum atomic E-state index is -0.0393. The number of hydrogen-bond donors (Lipinski definition) is 1. The fourth-order valence-electron chi connectivity index (χ4n) is 4.68. The van der Waals surface area contributed by atoms with Gasteiger partial charge in [-0.25, -0.2) is 0 Å². The zero-order valence-corrected chi connectivity index (χ0v) is 18.5. The molecule has 6 heteroatoms. The van der Waals surface area contributed by atoms with E-state index in [1.807, 2.05) is 30.5 Å². The number of nitrogens with zero attached hydrogens (tertiary/aromatic N) is 2. The molecule has 6 nitrogen and oxygen atoms in total. The molecule has 31 heavy (non-hydrogen) atoms. The first kappa shape index (κ1) is 21.6. The van der Waals surface area contributed by atoms with E-state index in [1.54, 1.807) is 14.2 Å². The topological polar surface area (TPSA) is 63.7 Å². The van der Waals surface area contributed by atoms with Crippen molar-refractivity contribution in [1.29, 1.82) is 0 Å². The molecule has 1 amide bonds. The van der Waals surface area contributed by atoms with Crippen LogP contribution in [-0.2, 0) is 11.3 Å². The van der Waals surface area contributed by atoms with Gasteiger partial charge in [0.25, 0.3) is 0 Å². The van der Waals surface area contributed by atoms with Gasteiger partial charge in [-0.1, -0.05) is 18.6 Å². The molecule has 0 spiro atoms. The van der Waals surface area contributed by atoms with E-state index < -0.39 is 0 Å². The van der Waals surface area contributed by atoms with Gasteiger partial charge in [0.05, 0.1) is 26.0 Å². The number of benzene rings is 1. The van der Waals surface area contributed by atoms with Gasteiger partial charge in [-0.15, -0.1) is 0 Å². The highest BCUT2D eigenvalue weighted by atomic mass is 16.5. The van der Waals surface area contributed by atoms with Gasteiger partial charge in [0.15, 0.2) is 11.5 Å². The molecule has 4 rings (SSSR count). The van der Waals surface area contributed by atoms with Crippen molar-refractivity contribution in [1.82, 2.24) is 15.2 Å². The molecular weight excluding hydrogens is 390 g/mol. The molecule has 2 atom stereocenters. The second-order valence-corrected chi connectivity index (χ2v) is 8.70. The molecule has 0 unspecified atom stereocenters. The summed E-state index contributed by atoms with van der Waals surface area (Å²) in [4.78, 5) is 19.8. The minimum Gasteiger partial charge on any atom is -0.493 e. The minimum absolute atomic E-state index is 0.0393. The molecule has 2 fully saturated rings. The van der Waals surface area contributed by atoms with Gasteiger partial charge in [0, 0.05) is 25.2 Å². The van der Waals surface area contributed by atoms with Gasteiger partial charge < -0.3 is 14.8 Å². The van der Waals surface area contributed by atoms with Crippen LogP contribution in [-0.4, -0.2) is 43.1 Å². The Kier molecular flexibility index (Phi) is 7.07. The lowest BCUT2D eigenvalue weighted by molar-refractivity contribution is -0.128. The number of aromatic nitrogens is 1. The Labute approximate surface area is 185 Å². The Hall–Kier alpha value is -2.60. The van der Waals surface area contributed by atoms with Crippen molar-refractivity contribution in [3.63, 3.8) is 0 Å². The van der Waals surface area contributed by atoms with Crippen LogP contribution in [0.1, 0.15) is 49.4 Å². The van der Waals surface area contributed by atoms with Crippen LogP contribution < -0.4 is 14.8 Å². The highest BCUT2D eigenvalue weighted by molar-refractivity contribution is 5.79. The zero-order chi connectivity index (χ0) is 21.6. The van der Waals surface area contributed by atoms with Gasteiger partial charge in [-0.3, -0.25) is 14.7 Å². The number of nitrogens with one attached hydrogen (secondary N) is 1. The highest BCUT2D eigenvalue weighted by Crippen LogP contribution is 2.33. The lowest BCUT2D eigenvalue weighted by atomic mass is 9.83. The lowest BCUT2D eigenvalue weighted by Gasteiger charge is -2.38. The molecule has 2 aliphatic rings. The number of hydrogen-bond acceptors (Lipinski definition) is 5. The van der Waals surface area contributed by atoms with Crippen LogP contribution in [0.4, 0.5) is 0 Å². The highest BCUT2D eigenvalue weighted by Gasteiger charge is 2.33. The van der Waals surface area contributed by atoms with Gasteiger partial charge in [0.2, 0.25) is 5.91 Å². The van der Waals surface area contributed by atoms with Crippen LogP contribution in [0, 0.1) is 11.8 Å². The Bertz CT molecular complexity index is 870. The third-order valence-corrected chi connectivity index (χ3v) is 6.65. The molecule has 1 aromatic heterocycles. The van der Waals surface area contributed by atoms with E-state index in [9.17, 15) is 4.79 Å². The van der Waals surface area contributed by atoms with E-state index in [1.165, 1.54) is 5.56 Å². The molecular formula is C25H33N3O3. The Balaban J connectivity index is 1.47. The first-order valence-electron chi connectivity index (χ1n) is 11.3. The summed E-state index contributed by atoms with van der Waals surface area (Å²) in [5.74, 6) is 2.22. The SMILES string of the molecule is COc1ccc(CN2CCC[C@@H]([C@H](NC(=O)C3CCC3)c3ccccn3)C2)cc1OC. The van der Waals surface area contributed by atoms with E-state index in [4.69, 9.17) is 9.47 Å². The first-order chi connectivity index (χ1) is 15.2. The fourth-order valence-corrected chi connectivity index (χ4v) is 4.68. The maximum Gasteiger partial charge on any atom is 0.223 e. The number of carbonyl (C=O) groups is 1. The number of piperidine rings is 1. The molecule has 1 saturated heterocycles. The van der Waals surface area contributed by atoms with Crippen molar-refractivity contribution in [2.45, 2.75) is 44.7 Å². The summed E-state index contributed by atoms with van der Waals surface area (Å²) in [5, 5.41) is 3.36. The summed E-state index contributed by atoms with van der Waals surface area (Å²) in [6, 6.07) is 12.1. The quantitative estimate of drug-likeness (QED) is 0.696. The maximum absolute atomic E-state index is 12.8. The van der Waals surface area contributed by atoms with Crippen molar-refractivity contribution in [2.24, 2.45) is 11.8 Å². The van der Waals surface area contributed by atoms with Crippen molar-refractivity contribution < 1.29 is 14.3 Å². The summed E-state index contributed by atoms with van der Waals surface area (Å²) >= 11 is 0. The summed E-state index contributed by atoms with van der Waals surface area (Å²) in [6.45, 7) is 2.83. The standard InChI is InChI=1S/C25H33N3O3/c1-30-22-12-11-18(15-23(22)31-2)16-28-14-6-9-20(17-28)24(21-10-3-4-13-26-21)27-25(29)19-7-5-8-19/h3-4,10-13,15,19-20,24H,5-9,14,16-17H2,1-2H3,(H,27,29)/t20-,24+/m1/s1. The number of ether oxygens (including phenoxy) is 2.